The molecule has 1 aromatic rings. The van der Waals surface area contributed by atoms with Crippen LogP contribution in [-0.4, -0.2) is 33.3 Å². The molecule has 1 atom stereocenters. The molecular weight excluding hydrogens is 226 g/mol. The predicted octanol–water partition coefficient (Wildman–Crippen LogP) is 1.00. The first-order valence-corrected chi connectivity index (χ1v) is 6.10. The van der Waals surface area contributed by atoms with Crippen LogP contribution in [0.2, 0.25) is 0 Å². The Labute approximate surface area is 98.5 Å². The summed E-state index contributed by atoms with van der Waals surface area (Å²) in [5, 5.41) is 8.91. The fourth-order valence-corrected chi connectivity index (χ4v) is 2.15. The van der Waals surface area contributed by atoms with E-state index < -0.39 is 5.97 Å². The maximum Gasteiger partial charge on any atom is 0.339 e. The number of carbonyl (C=O) groups is 1. The second-order valence-corrected chi connectivity index (χ2v) is 4.57. The van der Waals surface area contributed by atoms with E-state index in [1.807, 2.05) is 0 Å². The zero-order chi connectivity index (χ0) is 12.0. The molecule has 5 nitrogen and oxygen atoms in total. The maximum atomic E-state index is 10.9. The molecule has 0 spiro atoms. The van der Waals surface area contributed by atoms with Gasteiger partial charge < -0.3 is 10.8 Å². The van der Waals surface area contributed by atoms with Gasteiger partial charge in [0.05, 0.1) is 5.69 Å². The topological polar surface area (TPSA) is 89.1 Å². The number of hydrogen-bond acceptors (Lipinski definition) is 5. The lowest BCUT2D eigenvalue weighted by Gasteiger charge is -2.08. The fourth-order valence-electron chi connectivity index (χ4n) is 1.07. The second kappa shape index (κ2) is 6.44. The van der Waals surface area contributed by atoms with Crippen molar-refractivity contribution >= 4 is 17.7 Å². The summed E-state index contributed by atoms with van der Waals surface area (Å²) in [6.07, 6.45) is 2.70. The smallest absolute Gasteiger partial charge is 0.339 e. The van der Waals surface area contributed by atoms with E-state index >= 15 is 0 Å². The summed E-state index contributed by atoms with van der Waals surface area (Å²) in [5.74, 6) is 0.928. The van der Waals surface area contributed by atoms with Crippen LogP contribution in [0.1, 0.15) is 23.0 Å². The van der Waals surface area contributed by atoms with Gasteiger partial charge in [0.1, 0.15) is 11.9 Å². The van der Waals surface area contributed by atoms with Crippen LogP contribution in [0.5, 0.6) is 0 Å². The normalized spacial score (nSPS) is 12.4. The van der Waals surface area contributed by atoms with Crippen molar-refractivity contribution in [1.82, 2.24) is 9.97 Å². The van der Waals surface area contributed by atoms with Crippen LogP contribution in [-0.2, 0) is 5.75 Å². The van der Waals surface area contributed by atoms with Crippen LogP contribution in [0.4, 0.5) is 0 Å². The maximum absolute atomic E-state index is 10.9. The number of hydrogen-bond donors (Lipinski definition) is 2. The average molecular weight is 241 g/mol. The molecule has 0 saturated carbocycles. The lowest BCUT2D eigenvalue weighted by atomic mass is 10.2. The van der Waals surface area contributed by atoms with Gasteiger partial charge in [0.15, 0.2) is 0 Å². The lowest BCUT2D eigenvalue weighted by molar-refractivity contribution is 0.0695. The Morgan fingerprint density at radius 3 is 3.06 bits per heavy atom. The van der Waals surface area contributed by atoms with E-state index in [9.17, 15) is 4.79 Å². The third-order valence-corrected chi connectivity index (χ3v) is 3.35. The van der Waals surface area contributed by atoms with Crippen molar-refractivity contribution in [3.05, 3.63) is 23.8 Å². The third-order valence-electron chi connectivity index (χ3n) is 2.07. The molecule has 6 heteroatoms. The first kappa shape index (κ1) is 12.9. The monoisotopic (exact) mass is 241 g/mol. The van der Waals surface area contributed by atoms with Crippen LogP contribution in [0, 0.1) is 5.92 Å². The molecule has 0 saturated heterocycles. The average Bonchev–Trinajstić information content (AvgIpc) is 2.29. The van der Waals surface area contributed by atoms with Crippen molar-refractivity contribution in [1.29, 1.82) is 0 Å². The number of aromatic nitrogens is 2. The van der Waals surface area contributed by atoms with Crippen LogP contribution < -0.4 is 5.73 Å². The lowest BCUT2D eigenvalue weighted by Crippen LogP contribution is -2.13. The number of thioether (sulfide) groups is 1. The van der Waals surface area contributed by atoms with E-state index in [4.69, 9.17) is 10.8 Å². The minimum absolute atomic E-state index is 0.176. The summed E-state index contributed by atoms with van der Waals surface area (Å²) in [4.78, 5) is 18.5. The highest BCUT2D eigenvalue weighted by Crippen LogP contribution is 2.16. The van der Waals surface area contributed by atoms with E-state index in [1.165, 1.54) is 12.5 Å². The minimum Gasteiger partial charge on any atom is -0.478 e. The number of aromatic carboxylic acids is 1. The highest BCUT2D eigenvalue weighted by molar-refractivity contribution is 7.98. The largest absolute Gasteiger partial charge is 0.478 e. The first-order valence-electron chi connectivity index (χ1n) is 4.95. The predicted molar refractivity (Wildman–Crippen MR) is 63.4 cm³/mol. The molecule has 1 unspecified atom stereocenters. The van der Waals surface area contributed by atoms with Crippen molar-refractivity contribution in [2.24, 2.45) is 11.7 Å². The molecule has 0 aliphatic rings. The molecular formula is C10H15N3O2S. The third kappa shape index (κ3) is 3.79. The van der Waals surface area contributed by atoms with Crippen molar-refractivity contribution in [3.63, 3.8) is 0 Å². The van der Waals surface area contributed by atoms with E-state index in [0.717, 1.165) is 5.75 Å². The molecule has 1 aromatic heterocycles. The minimum atomic E-state index is -0.983. The Morgan fingerprint density at radius 1 is 1.69 bits per heavy atom. The molecule has 1 rings (SSSR count). The SMILES string of the molecule is CC(CN)CSCc1ncncc1C(=O)O. The van der Waals surface area contributed by atoms with Crippen molar-refractivity contribution in [2.45, 2.75) is 12.7 Å². The molecule has 1 heterocycles. The van der Waals surface area contributed by atoms with Crippen LogP contribution >= 0.6 is 11.8 Å². The Bertz CT molecular complexity index is 360. The van der Waals surface area contributed by atoms with Gasteiger partial charge in [-0.15, -0.1) is 0 Å². The molecule has 3 N–H and O–H groups in total. The molecule has 0 aliphatic heterocycles. The first-order chi connectivity index (χ1) is 7.65. The Hall–Kier alpha value is -1.14. The van der Waals surface area contributed by atoms with Gasteiger partial charge in [-0.05, 0) is 18.2 Å². The quantitative estimate of drug-likeness (QED) is 0.772. The zero-order valence-corrected chi connectivity index (χ0v) is 9.91. The van der Waals surface area contributed by atoms with Gasteiger partial charge in [-0.2, -0.15) is 11.8 Å². The van der Waals surface area contributed by atoms with Crippen LogP contribution in [0.25, 0.3) is 0 Å². The summed E-state index contributed by atoms with van der Waals surface area (Å²) in [6.45, 7) is 2.70. The van der Waals surface area contributed by atoms with Gasteiger partial charge in [0.25, 0.3) is 0 Å². The number of nitrogens with zero attached hydrogens (tertiary/aromatic N) is 2. The van der Waals surface area contributed by atoms with E-state index in [0.29, 0.717) is 23.9 Å². The van der Waals surface area contributed by atoms with Gasteiger partial charge in [-0.1, -0.05) is 6.92 Å². The second-order valence-electron chi connectivity index (χ2n) is 3.54. The fraction of sp³-hybridized carbons (Fsp3) is 0.500. The zero-order valence-electron chi connectivity index (χ0n) is 9.09. The van der Waals surface area contributed by atoms with Crippen LogP contribution in [0.3, 0.4) is 0 Å². The molecule has 0 radical (unpaired) electrons. The molecule has 0 bridgehead atoms. The molecule has 0 aromatic carbocycles. The van der Waals surface area contributed by atoms with Crippen molar-refractivity contribution in [2.75, 3.05) is 12.3 Å². The molecule has 0 amide bonds. The standard InChI is InChI=1S/C10H15N3O2S/c1-7(2-11)4-16-5-9-8(10(14)15)3-12-6-13-9/h3,6-7H,2,4-5,11H2,1H3,(H,14,15). The number of nitrogens with two attached hydrogens (primary N) is 1. The Balaban J connectivity index is 2.56. The highest BCUT2D eigenvalue weighted by atomic mass is 32.2. The Kier molecular flexibility index (Phi) is 5.21. The summed E-state index contributed by atoms with van der Waals surface area (Å²) in [6, 6.07) is 0. The van der Waals surface area contributed by atoms with Gasteiger partial charge in [0.2, 0.25) is 0 Å². The number of rotatable bonds is 6. The molecule has 0 aliphatic carbocycles. The summed E-state index contributed by atoms with van der Waals surface area (Å²) >= 11 is 1.64. The van der Waals surface area contributed by atoms with Gasteiger partial charge in [0, 0.05) is 11.9 Å². The van der Waals surface area contributed by atoms with E-state index in [-0.39, 0.29) is 5.56 Å². The van der Waals surface area contributed by atoms with E-state index in [2.05, 4.69) is 16.9 Å². The summed E-state index contributed by atoms with van der Waals surface area (Å²) in [7, 11) is 0. The van der Waals surface area contributed by atoms with Gasteiger partial charge in [-0.25, -0.2) is 14.8 Å². The molecule has 0 fully saturated rings. The van der Waals surface area contributed by atoms with Crippen LogP contribution in [0.15, 0.2) is 12.5 Å². The number of carboxylic acid groups (broad SMARTS) is 1. The summed E-state index contributed by atoms with van der Waals surface area (Å²) < 4.78 is 0. The van der Waals surface area contributed by atoms with E-state index in [1.54, 1.807) is 11.8 Å². The van der Waals surface area contributed by atoms with Gasteiger partial charge >= 0.3 is 5.97 Å². The molecule has 88 valence electrons. The highest BCUT2D eigenvalue weighted by Gasteiger charge is 2.11. The van der Waals surface area contributed by atoms with Gasteiger partial charge in [-0.3, -0.25) is 0 Å². The van der Waals surface area contributed by atoms with Crippen molar-refractivity contribution < 1.29 is 9.90 Å². The number of carboxylic acids is 1. The summed E-state index contributed by atoms with van der Waals surface area (Å²) in [5.41, 5.74) is 6.24. The molecule has 16 heavy (non-hydrogen) atoms. The Morgan fingerprint density at radius 2 is 2.44 bits per heavy atom. The van der Waals surface area contributed by atoms with Crippen molar-refractivity contribution in [3.8, 4) is 0 Å².